The first-order valence-corrected chi connectivity index (χ1v) is 45.8. The number of anilines is 3. The van der Waals surface area contributed by atoms with Crippen molar-refractivity contribution < 1.29 is 56.0 Å². The molecule has 12 heterocycles. The number of phenolic OH excluding ortho intramolecular Hbond substituents is 3. The second kappa shape index (κ2) is 40.8. The number of benzene rings is 3. The number of halogens is 15. The maximum atomic E-state index is 14.7. The highest BCUT2D eigenvalue weighted by Gasteiger charge is 2.40. The molecule has 3 fully saturated rings. The zero-order chi connectivity index (χ0) is 101. The van der Waals surface area contributed by atoms with Crippen LogP contribution in [-0.4, -0.2) is 168 Å². The summed E-state index contributed by atoms with van der Waals surface area (Å²) in [7, 11) is 0. The van der Waals surface area contributed by atoms with Gasteiger partial charge in [0.25, 0.3) is 16.7 Å². The van der Waals surface area contributed by atoms with Gasteiger partial charge in [0, 0.05) is 112 Å². The Hall–Kier alpha value is -12.7. The molecule has 3 amide bonds. The van der Waals surface area contributed by atoms with E-state index in [-0.39, 0.29) is 212 Å². The molecule has 3 N–H and O–H groups in total. The van der Waals surface area contributed by atoms with Crippen molar-refractivity contribution in [3.63, 3.8) is 0 Å². The van der Waals surface area contributed by atoms with Gasteiger partial charge in [-0.15, -0.1) is 0 Å². The minimum atomic E-state index is -1.66. The number of aromatic hydroxyl groups is 3. The minimum Gasteiger partial charge on any atom is -0.504 e. The Morgan fingerprint density at radius 3 is 0.833 bits per heavy atom. The normalized spacial score (nSPS) is 15.0. The lowest BCUT2D eigenvalue weighted by Crippen LogP contribution is -2.54. The number of aromatic nitrogens is 9. The number of piperazine rings is 3. The number of rotatable bonds is 15. The van der Waals surface area contributed by atoms with E-state index in [0.717, 1.165) is 0 Å². The molecule has 0 saturated carbocycles. The molecule has 0 aliphatic carbocycles. The van der Waals surface area contributed by atoms with Crippen molar-refractivity contribution in [2.24, 2.45) is 0 Å². The molecule has 42 heteroatoms. The number of hydrogen-bond donors (Lipinski definition) is 3. The maximum absolute atomic E-state index is 14.7. The highest BCUT2D eigenvalue weighted by molar-refractivity contribution is 6.46. The topological polar surface area (TPSA) is 346 Å². The van der Waals surface area contributed by atoms with E-state index >= 15 is 0 Å². The first-order chi connectivity index (χ1) is 65.2. The van der Waals surface area contributed by atoms with E-state index in [9.17, 15) is 86.2 Å². The van der Waals surface area contributed by atoms with Crippen molar-refractivity contribution >= 4 is 172 Å². The van der Waals surface area contributed by atoms with E-state index in [2.05, 4.69) is 67.8 Å². The number of carbonyl (C=O) groups excluding carboxylic acids is 3. The van der Waals surface area contributed by atoms with E-state index in [4.69, 9.17) is 104 Å². The Morgan fingerprint density at radius 1 is 0.399 bits per heavy atom. The Labute approximate surface area is 830 Å². The lowest BCUT2D eigenvalue weighted by atomic mass is 10.0. The van der Waals surface area contributed by atoms with E-state index in [0.29, 0.717) is 50.8 Å². The monoisotopic (exact) mass is 2060 g/mol. The van der Waals surface area contributed by atoms with Crippen LogP contribution in [-0.2, 0) is 14.4 Å². The number of pyridine rings is 9. The molecule has 3 saturated heterocycles. The highest BCUT2D eigenvalue weighted by Crippen LogP contribution is 2.52. The summed E-state index contributed by atoms with van der Waals surface area (Å²) in [5.41, 5.74) is 0.0941. The average Bonchev–Trinajstić information content (AvgIpc) is 0.726. The minimum absolute atomic E-state index is 0.0232. The smallest absolute Gasteiger partial charge is 0.276 e. The van der Waals surface area contributed by atoms with Crippen molar-refractivity contribution in [3.05, 3.63) is 255 Å². The molecule has 3 aromatic carbocycles. The summed E-state index contributed by atoms with van der Waals surface area (Å²) in [4.78, 5) is 118. The van der Waals surface area contributed by atoms with E-state index in [1.807, 2.05) is 62.3 Å². The van der Waals surface area contributed by atoms with Gasteiger partial charge in [-0.3, -0.25) is 57.4 Å². The van der Waals surface area contributed by atoms with Crippen molar-refractivity contribution in [2.75, 3.05) is 73.6 Å². The fourth-order valence-corrected chi connectivity index (χ4v) is 19.5. The molecule has 12 aromatic rings. The Morgan fingerprint density at radius 2 is 0.630 bits per heavy atom. The molecule has 714 valence electrons. The van der Waals surface area contributed by atoms with Crippen LogP contribution >= 0.6 is 104 Å². The lowest BCUT2D eigenvalue weighted by molar-refractivity contribution is -0.129. The molecule has 3 aliphatic rings. The van der Waals surface area contributed by atoms with Crippen molar-refractivity contribution in [1.82, 2.24) is 58.3 Å². The lowest BCUT2D eigenvalue weighted by Gasteiger charge is -2.41. The third-order valence-corrected chi connectivity index (χ3v) is 27.3. The summed E-state index contributed by atoms with van der Waals surface area (Å²) >= 11 is 57.1. The first kappa shape index (κ1) is 103. The fourth-order valence-electron chi connectivity index (χ4n) is 17.4. The van der Waals surface area contributed by atoms with E-state index in [1.54, 1.807) is 87.0 Å². The van der Waals surface area contributed by atoms with Crippen LogP contribution in [0.15, 0.2) is 107 Å². The molecular weight excluding hydrogens is 1980 g/mol. The predicted molar refractivity (Wildman–Crippen MR) is 523 cm³/mol. The highest BCUT2D eigenvalue weighted by atomic mass is 35.5. The van der Waals surface area contributed by atoms with Crippen LogP contribution in [0.5, 0.6) is 17.2 Å². The third-order valence-electron chi connectivity index (χ3n) is 24.0. The number of nitriles is 3. The zero-order valence-corrected chi connectivity index (χ0v) is 82.2. The second-order valence-corrected chi connectivity index (χ2v) is 37.1. The first-order valence-electron chi connectivity index (χ1n) is 42.4. The molecule has 0 unspecified atom stereocenters. The fraction of sp³-hybridized carbons (Fsp3) is 0.281. The van der Waals surface area contributed by atoms with Crippen LogP contribution in [0.3, 0.4) is 0 Å². The predicted octanol–water partition coefficient (Wildman–Crippen LogP) is 20.8. The Kier molecular flexibility index (Phi) is 30.3. The van der Waals surface area contributed by atoms with Gasteiger partial charge in [0.1, 0.15) is 51.8 Å². The summed E-state index contributed by atoms with van der Waals surface area (Å²) in [5.74, 6) is -14.5. The van der Waals surface area contributed by atoms with E-state index in [1.165, 1.54) is 50.1 Å². The van der Waals surface area contributed by atoms with E-state index < -0.39 is 116 Å². The number of amides is 3. The molecule has 0 radical (unpaired) electrons. The van der Waals surface area contributed by atoms with Crippen LogP contribution in [0.2, 0.25) is 45.2 Å². The quantitative estimate of drug-likeness (QED) is 0.0371. The summed E-state index contributed by atoms with van der Waals surface area (Å²) < 4.78 is 91.0. The molecule has 3 atom stereocenters. The summed E-state index contributed by atoms with van der Waals surface area (Å²) in [6.07, 6.45) is 8.47. The molecule has 0 bridgehead atoms. The molecule has 27 nitrogen and oxygen atoms in total. The van der Waals surface area contributed by atoms with Gasteiger partial charge >= 0.3 is 0 Å². The molecular formula is C96H81Cl9F6N18O9. The number of carbonyl (C=O) groups is 3. The van der Waals surface area contributed by atoms with Crippen LogP contribution in [0.1, 0.15) is 131 Å². The zero-order valence-electron chi connectivity index (χ0n) is 75.4. The molecule has 3 aliphatic heterocycles. The summed E-state index contributed by atoms with van der Waals surface area (Å²) in [5, 5.41) is 59.6. The van der Waals surface area contributed by atoms with Gasteiger partial charge in [0.2, 0.25) is 35.2 Å². The molecule has 9 aromatic heterocycles. The Bertz CT molecular complexity index is 6790. The van der Waals surface area contributed by atoms with Crippen molar-refractivity contribution in [1.29, 1.82) is 15.8 Å². The van der Waals surface area contributed by atoms with Gasteiger partial charge in [-0.05, 0) is 131 Å². The summed E-state index contributed by atoms with van der Waals surface area (Å²) in [6, 6.07) is 14.6. The second-order valence-electron chi connectivity index (χ2n) is 33.6. The molecule has 138 heavy (non-hydrogen) atoms. The number of fused-ring (bicyclic) bond motifs is 3. The van der Waals surface area contributed by atoms with Crippen molar-refractivity contribution in [3.8, 4) is 86.3 Å². The Balaban J connectivity index is 0.000000175. The number of nitrogens with zero attached hydrogens (tertiary/aromatic N) is 18. The maximum Gasteiger partial charge on any atom is 0.276 e. The molecule has 0 spiro atoms. The van der Waals surface area contributed by atoms with Gasteiger partial charge in [0.15, 0.2) is 34.7 Å². The van der Waals surface area contributed by atoms with Gasteiger partial charge in [0.05, 0.1) is 130 Å². The van der Waals surface area contributed by atoms with Crippen LogP contribution in [0.25, 0.3) is 83.9 Å². The van der Waals surface area contributed by atoms with Crippen LogP contribution in [0, 0.1) is 89.7 Å². The third kappa shape index (κ3) is 18.0. The van der Waals surface area contributed by atoms with Gasteiger partial charge in [-0.25, -0.2) is 28.1 Å². The van der Waals surface area contributed by atoms with Gasteiger partial charge < -0.3 is 44.7 Å². The van der Waals surface area contributed by atoms with Crippen LogP contribution < -0.4 is 31.4 Å². The summed E-state index contributed by atoms with van der Waals surface area (Å²) in [6.45, 7) is 35.2. The molecule has 15 rings (SSSR count). The standard InChI is InChI=1S/3C32H27Cl3F2N6O3/c3*1-6-20(44)42-10-9-41(13-16(42)5)29-17-11-19(33)27(21-22(34)23(35)24(36)25(37)30(21)45)40-31(17)43(32(46)18(29)12-38)28-15(4)7-8-39-26(28)14(2)3/h3*6-8,11,14,16,45H,1,9-10,13H2,2-5H3/t3*16-/m111/s1. The van der Waals surface area contributed by atoms with Gasteiger partial charge in [-0.2, -0.15) is 29.0 Å². The average molecular weight is 2060 g/mol. The number of phenols is 3. The largest absolute Gasteiger partial charge is 0.504 e. The number of hydrogen-bond acceptors (Lipinski definition) is 21. The number of aryl methyl sites for hydroxylation is 3. The van der Waals surface area contributed by atoms with Gasteiger partial charge in [-0.1, -0.05) is 166 Å². The van der Waals surface area contributed by atoms with Crippen molar-refractivity contribution in [2.45, 2.75) is 119 Å². The van der Waals surface area contributed by atoms with Crippen LogP contribution in [0.4, 0.5) is 43.4 Å². The SMILES string of the molecule is C=CC(=O)N1CCN(c2c(C#N)c(=O)n(-c3c(C)ccnc3C(C)C)c3nc(-c4c(O)c(F)c(F)c(Cl)c4Cl)c(Cl)cc23)C[C@H]1C.C=CC(=O)N1CCN(c2c(C#N)c(=O)n(-c3c(C)ccnc3C(C)C)c3nc(-c4c(O)c(F)c(F)c(Cl)c4Cl)c(Cl)cc23)C[C@H]1C.C=CC(=O)N1CCN(c2c(C#N)c(=O)n(-c3c(C)ccnc3C(C)C)c3nc(-c4c(O)c(F)c(F)c(Cl)c4Cl)c(Cl)cc23)C[C@H]1C.